The summed E-state index contributed by atoms with van der Waals surface area (Å²) >= 11 is 0. The van der Waals surface area contributed by atoms with E-state index >= 15 is 0 Å². The second-order valence-electron chi connectivity index (χ2n) is 10.5. The average Bonchev–Trinajstić information content (AvgIpc) is 2.93. The van der Waals surface area contributed by atoms with Crippen molar-refractivity contribution in [2.24, 2.45) is 0 Å². The van der Waals surface area contributed by atoms with Crippen LogP contribution in [0.15, 0.2) is 84.9 Å². The zero-order valence-electron chi connectivity index (χ0n) is 22.1. The minimum atomic E-state index is -0.965. The normalized spacial score (nSPS) is 17.0. The van der Waals surface area contributed by atoms with Crippen molar-refractivity contribution in [3.8, 4) is 0 Å². The molecule has 0 bridgehead atoms. The summed E-state index contributed by atoms with van der Waals surface area (Å²) in [6, 6.07) is 28.2. The lowest BCUT2D eigenvalue weighted by Gasteiger charge is -2.40. The van der Waals surface area contributed by atoms with Crippen LogP contribution in [0.25, 0.3) is 0 Å². The Kier molecular flexibility index (Phi) is 8.80. The highest BCUT2D eigenvalue weighted by molar-refractivity contribution is 5.80. The number of aliphatic carboxylic acids is 1. The minimum absolute atomic E-state index is 0.00155. The van der Waals surface area contributed by atoms with Crippen molar-refractivity contribution in [1.29, 1.82) is 0 Å². The summed E-state index contributed by atoms with van der Waals surface area (Å²) in [4.78, 5) is 14.0. The Morgan fingerprint density at radius 3 is 1.86 bits per heavy atom. The molecule has 1 aliphatic rings. The molecule has 37 heavy (non-hydrogen) atoms. The predicted octanol–water partition coefficient (Wildman–Crippen LogP) is 6.13. The molecule has 3 aromatic carbocycles. The molecule has 0 radical (unpaired) electrons. The monoisotopic (exact) mass is 501 g/mol. The van der Waals surface area contributed by atoms with Crippen LogP contribution in [0.4, 0.5) is 0 Å². The van der Waals surface area contributed by atoms with Crippen molar-refractivity contribution < 1.29 is 19.7 Å². The van der Waals surface area contributed by atoms with E-state index in [1.54, 1.807) is 13.8 Å². The topological polar surface area (TPSA) is 70.0 Å². The first kappa shape index (κ1) is 27.1. The van der Waals surface area contributed by atoms with Crippen molar-refractivity contribution >= 4 is 5.97 Å². The fourth-order valence-electron chi connectivity index (χ4n) is 5.26. The maximum Gasteiger partial charge on any atom is 0.313 e. The number of carboxylic acids is 1. The van der Waals surface area contributed by atoms with Gasteiger partial charge in [-0.15, -0.1) is 0 Å². The van der Waals surface area contributed by atoms with Gasteiger partial charge in [-0.3, -0.25) is 9.69 Å². The SMILES string of the molecule is CCC(C(O)c1ccc(C(C)(C)C(=O)O)cc1)N1CCC(OC(c2ccccc2)c2ccccc2)CC1. The lowest BCUT2D eigenvalue weighted by Crippen LogP contribution is -2.46. The van der Waals surface area contributed by atoms with Gasteiger partial charge in [0.05, 0.1) is 17.6 Å². The highest BCUT2D eigenvalue weighted by atomic mass is 16.5. The Hall–Kier alpha value is -2.99. The van der Waals surface area contributed by atoms with Gasteiger partial charge in [-0.05, 0) is 55.4 Å². The summed E-state index contributed by atoms with van der Waals surface area (Å²) in [6.07, 6.45) is 2.06. The molecule has 1 saturated heterocycles. The number of carbonyl (C=O) groups is 1. The quantitative estimate of drug-likeness (QED) is 0.350. The van der Waals surface area contributed by atoms with E-state index in [-0.39, 0.29) is 18.2 Å². The van der Waals surface area contributed by atoms with Crippen LogP contribution >= 0.6 is 0 Å². The van der Waals surface area contributed by atoms with Gasteiger partial charge in [0.15, 0.2) is 0 Å². The molecular formula is C32H39NO4. The van der Waals surface area contributed by atoms with E-state index in [9.17, 15) is 15.0 Å². The van der Waals surface area contributed by atoms with Crippen molar-refractivity contribution in [2.75, 3.05) is 13.1 Å². The van der Waals surface area contributed by atoms with E-state index in [1.165, 1.54) is 0 Å². The van der Waals surface area contributed by atoms with Gasteiger partial charge in [0, 0.05) is 19.1 Å². The largest absolute Gasteiger partial charge is 0.481 e. The molecule has 0 aromatic heterocycles. The van der Waals surface area contributed by atoms with Crippen molar-refractivity contribution in [2.45, 2.75) is 69.8 Å². The molecule has 1 fully saturated rings. The number of likely N-dealkylation sites (tertiary alicyclic amines) is 1. The smallest absolute Gasteiger partial charge is 0.313 e. The molecule has 1 heterocycles. The summed E-state index contributed by atoms with van der Waals surface area (Å²) in [5, 5.41) is 20.8. The molecule has 1 aliphatic heterocycles. The predicted molar refractivity (Wildman–Crippen MR) is 147 cm³/mol. The summed E-state index contributed by atoms with van der Waals surface area (Å²) in [7, 11) is 0. The first-order valence-corrected chi connectivity index (χ1v) is 13.3. The Morgan fingerprint density at radius 1 is 0.892 bits per heavy atom. The van der Waals surface area contributed by atoms with E-state index in [2.05, 4.69) is 60.4 Å². The van der Waals surface area contributed by atoms with Crippen LogP contribution < -0.4 is 0 Å². The van der Waals surface area contributed by atoms with E-state index in [1.807, 2.05) is 36.4 Å². The number of hydrogen-bond acceptors (Lipinski definition) is 4. The third-order valence-electron chi connectivity index (χ3n) is 7.77. The van der Waals surface area contributed by atoms with Gasteiger partial charge in [0.1, 0.15) is 6.10 Å². The first-order valence-electron chi connectivity index (χ1n) is 13.3. The number of rotatable bonds is 10. The number of ether oxygens (including phenoxy) is 1. The second kappa shape index (κ2) is 12.0. The molecule has 2 N–H and O–H groups in total. The van der Waals surface area contributed by atoms with E-state index in [0.29, 0.717) is 0 Å². The van der Waals surface area contributed by atoms with Crippen molar-refractivity contribution in [3.63, 3.8) is 0 Å². The fraction of sp³-hybridized carbons (Fsp3) is 0.406. The Morgan fingerprint density at radius 2 is 1.41 bits per heavy atom. The Bertz CT molecular complexity index is 1080. The summed E-state index contributed by atoms with van der Waals surface area (Å²) in [5.41, 5.74) is 2.91. The summed E-state index contributed by atoms with van der Waals surface area (Å²) in [6.45, 7) is 7.23. The Balaban J connectivity index is 1.40. The van der Waals surface area contributed by atoms with Crippen molar-refractivity contribution in [1.82, 2.24) is 4.90 Å². The zero-order valence-corrected chi connectivity index (χ0v) is 22.1. The van der Waals surface area contributed by atoms with Gasteiger partial charge < -0.3 is 14.9 Å². The molecule has 5 heteroatoms. The molecule has 3 aromatic rings. The molecule has 0 saturated carbocycles. The van der Waals surface area contributed by atoms with Gasteiger partial charge in [0.2, 0.25) is 0 Å². The summed E-state index contributed by atoms with van der Waals surface area (Å²) in [5.74, 6) is -0.862. The second-order valence-corrected chi connectivity index (χ2v) is 10.5. The van der Waals surface area contributed by atoms with Gasteiger partial charge in [0.25, 0.3) is 0 Å². The van der Waals surface area contributed by atoms with Gasteiger partial charge in [-0.2, -0.15) is 0 Å². The third-order valence-corrected chi connectivity index (χ3v) is 7.77. The fourth-order valence-corrected chi connectivity index (χ4v) is 5.26. The number of aliphatic hydroxyl groups excluding tert-OH is 1. The van der Waals surface area contributed by atoms with E-state index < -0.39 is 17.5 Å². The number of nitrogens with zero attached hydrogens (tertiary/aromatic N) is 1. The minimum Gasteiger partial charge on any atom is -0.481 e. The third kappa shape index (κ3) is 6.30. The van der Waals surface area contributed by atoms with Crippen LogP contribution in [0.1, 0.15) is 74.5 Å². The number of carboxylic acid groups (broad SMARTS) is 1. The van der Waals surface area contributed by atoms with Gasteiger partial charge >= 0.3 is 5.97 Å². The molecule has 0 spiro atoms. The van der Waals surface area contributed by atoms with Crippen LogP contribution in [-0.2, 0) is 14.9 Å². The molecule has 4 rings (SSSR count). The molecule has 0 amide bonds. The number of benzene rings is 3. The molecule has 2 unspecified atom stereocenters. The van der Waals surface area contributed by atoms with Crippen LogP contribution in [0.5, 0.6) is 0 Å². The summed E-state index contributed by atoms with van der Waals surface area (Å²) < 4.78 is 6.70. The lowest BCUT2D eigenvalue weighted by molar-refractivity contribution is -0.142. The van der Waals surface area contributed by atoms with Crippen LogP contribution in [0.2, 0.25) is 0 Å². The van der Waals surface area contributed by atoms with Gasteiger partial charge in [-0.1, -0.05) is 91.9 Å². The molecule has 196 valence electrons. The van der Waals surface area contributed by atoms with Crippen LogP contribution in [-0.4, -0.2) is 46.3 Å². The molecule has 2 atom stereocenters. The standard InChI is InChI=1S/C32H39NO4/c1-4-28(29(34)23-15-17-26(18-16-23)32(2,3)31(35)36)33-21-19-27(20-22-33)37-30(24-11-7-5-8-12-24)25-13-9-6-10-14-25/h5-18,27-30,34H,4,19-22H2,1-3H3,(H,35,36). The first-order chi connectivity index (χ1) is 17.8. The average molecular weight is 502 g/mol. The highest BCUT2D eigenvalue weighted by Crippen LogP contribution is 2.33. The van der Waals surface area contributed by atoms with Gasteiger partial charge in [-0.25, -0.2) is 0 Å². The zero-order chi connectivity index (χ0) is 26.4. The van der Waals surface area contributed by atoms with E-state index in [0.717, 1.165) is 54.6 Å². The molecule has 0 aliphatic carbocycles. The van der Waals surface area contributed by atoms with E-state index in [4.69, 9.17) is 4.74 Å². The lowest BCUT2D eigenvalue weighted by atomic mass is 9.84. The number of aliphatic hydroxyl groups is 1. The number of piperidine rings is 1. The maximum absolute atomic E-state index is 11.6. The highest BCUT2D eigenvalue weighted by Gasteiger charge is 2.33. The van der Waals surface area contributed by atoms with Crippen LogP contribution in [0.3, 0.4) is 0 Å². The number of hydrogen-bond donors (Lipinski definition) is 2. The van der Waals surface area contributed by atoms with Crippen molar-refractivity contribution in [3.05, 3.63) is 107 Å². The maximum atomic E-state index is 11.6. The van der Waals surface area contributed by atoms with Crippen LogP contribution in [0, 0.1) is 0 Å². The molecule has 5 nitrogen and oxygen atoms in total. The Labute approximate surface area is 220 Å². The molecular weight excluding hydrogens is 462 g/mol.